The lowest BCUT2D eigenvalue weighted by Crippen LogP contribution is -2.59. The molecule has 6 atom stereocenters. The second-order valence-corrected chi connectivity index (χ2v) is 4.45. The predicted octanol–water partition coefficient (Wildman–Crippen LogP) is -1.87. The Morgan fingerprint density at radius 2 is 1.89 bits per heavy atom. The third-order valence-corrected chi connectivity index (χ3v) is 2.96. The molecule has 6 unspecified atom stereocenters. The van der Waals surface area contributed by atoms with Crippen LogP contribution in [0.2, 0.25) is 0 Å². The second kappa shape index (κ2) is 7.91. The lowest BCUT2D eigenvalue weighted by Gasteiger charge is -2.39. The first-order chi connectivity index (χ1) is 9.01. The minimum Gasteiger partial charge on any atom is -0.394 e. The molecule has 1 aliphatic rings. The van der Waals surface area contributed by atoms with Gasteiger partial charge >= 0.3 is 0 Å². The molecule has 0 saturated carbocycles. The van der Waals surface area contributed by atoms with E-state index in [1.54, 1.807) is 19.1 Å². The molecule has 0 aromatic heterocycles. The van der Waals surface area contributed by atoms with Gasteiger partial charge in [0.25, 0.3) is 0 Å². The van der Waals surface area contributed by atoms with E-state index < -0.39 is 43.4 Å². The fourth-order valence-corrected chi connectivity index (χ4v) is 1.83. The summed E-state index contributed by atoms with van der Waals surface area (Å²) in [6, 6.07) is 0. The lowest BCUT2D eigenvalue weighted by molar-refractivity contribution is -0.301. The van der Waals surface area contributed by atoms with E-state index in [-0.39, 0.29) is 6.61 Å². The molecule has 0 radical (unpaired) electrons. The Balaban J connectivity index is 2.44. The zero-order valence-electron chi connectivity index (χ0n) is 10.8. The molecule has 7 heteroatoms. The highest BCUT2D eigenvalue weighted by atomic mass is 16.7. The van der Waals surface area contributed by atoms with Crippen LogP contribution in [-0.4, -0.2) is 75.6 Å². The van der Waals surface area contributed by atoms with Gasteiger partial charge in [0, 0.05) is 6.42 Å². The standard InChI is InChI=1S/C12H22O7/c1-2-3-7(14)4-5-18-12-11(17)10(16)9(15)8(6-13)19-12/h2-3,7-17H,4-6H2,1H3. The zero-order chi connectivity index (χ0) is 14.4. The molecule has 0 aromatic rings. The zero-order valence-corrected chi connectivity index (χ0v) is 10.8. The molecule has 0 spiro atoms. The molecule has 0 amide bonds. The minimum absolute atomic E-state index is 0.105. The molecular weight excluding hydrogens is 256 g/mol. The first-order valence-electron chi connectivity index (χ1n) is 6.24. The van der Waals surface area contributed by atoms with Crippen LogP contribution in [0.15, 0.2) is 12.2 Å². The molecule has 1 fully saturated rings. The summed E-state index contributed by atoms with van der Waals surface area (Å²) >= 11 is 0. The summed E-state index contributed by atoms with van der Waals surface area (Å²) in [6.07, 6.45) is -3.43. The summed E-state index contributed by atoms with van der Waals surface area (Å²) in [5.74, 6) is 0. The van der Waals surface area contributed by atoms with Crippen molar-refractivity contribution in [2.45, 2.75) is 50.2 Å². The number of aliphatic hydroxyl groups excluding tert-OH is 5. The highest BCUT2D eigenvalue weighted by Crippen LogP contribution is 2.22. The van der Waals surface area contributed by atoms with Gasteiger partial charge in [-0.1, -0.05) is 12.2 Å². The maximum Gasteiger partial charge on any atom is 0.186 e. The summed E-state index contributed by atoms with van der Waals surface area (Å²) in [6.45, 7) is 1.39. The molecule has 19 heavy (non-hydrogen) atoms. The van der Waals surface area contributed by atoms with Crippen molar-refractivity contribution < 1.29 is 35.0 Å². The van der Waals surface area contributed by atoms with Crippen molar-refractivity contribution in [2.75, 3.05) is 13.2 Å². The van der Waals surface area contributed by atoms with Crippen LogP contribution in [0.4, 0.5) is 0 Å². The van der Waals surface area contributed by atoms with Crippen LogP contribution < -0.4 is 0 Å². The van der Waals surface area contributed by atoms with E-state index in [1.165, 1.54) is 0 Å². The maximum absolute atomic E-state index is 9.67. The molecule has 5 N–H and O–H groups in total. The Morgan fingerprint density at radius 1 is 1.21 bits per heavy atom. The first-order valence-corrected chi connectivity index (χ1v) is 6.24. The van der Waals surface area contributed by atoms with Crippen LogP contribution in [0.1, 0.15) is 13.3 Å². The average molecular weight is 278 g/mol. The van der Waals surface area contributed by atoms with Crippen molar-refractivity contribution in [3.8, 4) is 0 Å². The summed E-state index contributed by atoms with van der Waals surface area (Å²) in [5, 5.41) is 47.2. The summed E-state index contributed by atoms with van der Waals surface area (Å²) < 4.78 is 10.4. The number of aliphatic hydroxyl groups is 5. The Bertz CT molecular complexity index is 281. The molecular formula is C12H22O7. The van der Waals surface area contributed by atoms with Crippen LogP contribution in [-0.2, 0) is 9.47 Å². The van der Waals surface area contributed by atoms with E-state index in [9.17, 15) is 20.4 Å². The number of ether oxygens (including phenoxy) is 2. The van der Waals surface area contributed by atoms with Crippen molar-refractivity contribution in [2.24, 2.45) is 0 Å². The number of hydrogen-bond donors (Lipinski definition) is 5. The van der Waals surface area contributed by atoms with Gasteiger partial charge in [0.05, 0.1) is 19.3 Å². The summed E-state index contributed by atoms with van der Waals surface area (Å²) in [5.41, 5.74) is 0. The minimum atomic E-state index is -1.45. The van der Waals surface area contributed by atoms with Crippen LogP contribution in [0.5, 0.6) is 0 Å². The van der Waals surface area contributed by atoms with Crippen molar-refractivity contribution in [3.63, 3.8) is 0 Å². The van der Waals surface area contributed by atoms with E-state index in [2.05, 4.69) is 0 Å². The number of rotatable bonds is 6. The topological polar surface area (TPSA) is 120 Å². The Labute approximate surface area is 111 Å². The van der Waals surface area contributed by atoms with Crippen LogP contribution in [0, 0.1) is 0 Å². The van der Waals surface area contributed by atoms with Crippen molar-refractivity contribution in [1.29, 1.82) is 0 Å². The SMILES string of the molecule is CC=CC(O)CCOC1OC(CO)C(O)C(O)C1O. The second-order valence-electron chi connectivity index (χ2n) is 4.45. The molecule has 1 heterocycles. The average Bonchev–Trinajstić information content (AvgIpc) is 2.39. The van der Waals surface area contributed by atoms with Gasteiger partial charge < -0.3 is 35.0 Å². The van der Waals surface area contributed by atoms with E-state index in [0.717, 1.165) is 0 Å². The number of allylic oxidation sites excluding steroid dienone is 1. The van der Waals surface area contributed by atoms with E-state index in [1.807, 2.05) is 0 Å². The summed E-state index contributed by atoms with van der Waals surface area (Å²) in [7, 11) is 0. The summed E-state index contributed by atoms with van der Waals surface area (Å²) in [4.78, 5) is 0. The van der Waals surface area contributed by atoms with Crippen LogP contribution >= 0.6 is 0 Å². The fraction of sp³-hybridized carbons (Fsp3) is 0.833. The fourth-order valence-electron chi connectivity index (χ4n) is 1.83. The predicted molar refractivity (Wildman–Crippen MR) is 65.2 cm³/mol. The molecule has 0 aliphatic carbocycles. The molecule has 1 rings (SSSR count). The van der Waals surface area contributed by atoms with Crippen molar-refractivity contribution in [3.05, 3.63) is 12.2 Å². The molecule has 1 aliphatic heterocycles. The first kappa shape index (κ1) is 16.5. The quantitative estimate of drug-likeness (QED) is 0.361. The molecule has 0 aromatic carbocycles. The van der Waals surface area contributed by atoms with Gasteiger partial charge in [-0.25, -0.2) is 0 Å². The normalized spacial score (nSPS) is 37.7. The van der Waals surface area contributed by atoms with Gasteiger partial charge in [-0.3, -0.25) is 0 Å². The largest absolute Gasteiger partial charge is 0.394 e. The van der Waals surface area contributed by atoms with Gasteiger partial charge in [-0.05, 0) is 6.92 Å². The van der Waals surface area contributed by atoms with Gasteiger partial charge in [0.15, 0.2) is 6.29 Å². The number of hydrogen-bond acceptors (Lipinski definition) is 7. The van der Waals surface area contributed by atoms with E-state index >= 15 is 0 Å². The highest BCUT2D eigenvalue weighted by Gasteiger charge is 2.43. The maximum atomic E-state index is 9.67. The van der Waals surface area contributed by atoms with E-state index in [0.29, 0.717) is 6.42 Å². The van der Waals surface area contributed by atoms with E-state index in [4.69, 9.17) is 14.6 Å². The van der Waals surface area contributed by atoms with Crippen molar-refractivity contribution in [1.82, 2.24) is 0 Å². The Kier molecular flexibility index (Phi) is 6.87. The van der Waals surface area contributed by atoms with Gasteiger partial charge in [-0.2, -0.15) is 0 Å². The molecule has 1 saturated heterocycles. The molecule has 112 valence electrons. The lowest BCUT2D eigenvalue weighted by atomic mass is 9.99. The molecule has 7 nitrogen and oxygen atoms in total. The highest BCUT2D eigenvalue weighted by molar-refractivity contribution is 4.89. The Hall–Kier alpha value is -0.540. The third kappa shape index (κ3) is 4.50. The van der Waals surface area contributed by atoms with Crippen molar-refractivity contribution >= 4 is 0 Å². The monoisotopic (exact) mass is 278 g/mol. The Morgan fingerprint density at radius 3 is 2.47 bits per heavy atom. The van der Waals surface area contributed by atoms with Crippen LogP contribution in [0.3, 0.4) is 0 Å². The van der Waals surface area contributed by atoms with Gasteiger partial charge in [0.1, 0.15) is 24.4 Å². The third-order valence-electron chi connectivity index (χ3n) is 2.96. The molecule has 0 bridgehead atoms. The van der Waals surface area contributed by atoms with Crippen LogP contribution in [0.25, 0.3) is 0 Å². The smallest absolute Gasteiger partial charge is 0.186 e. The van der Waals surface area contributed by atoms with Gasteiger partial charge in [0.2, 0.25) is 0 Å². The van der Waals surface area contributed by atoms with Gasteiger partial charge in [-0.15, -0.1) is 0 Å².